The molecule has 0 aromatic heterocycles. The Kier molecular flexibility index (Phi) is 3.45. The highest BCUT2D eigenvalue weighted by Gasteiger charge is 1.96. The molecular weight excluding hydrogens is 143 g/mol. The Balaban J connectivity index is 0.000001000. The molecule has 1 nitrogen and oxygen atoms in total. The van der Waals surface area contributed by atoms with Crippen LogP contribution in [-0.4, -0.2) is 6.29 Å². The minimum atomic E-state index is 0. The van der Waals surface area contributed by atoms with Gasteiger partial charge in [0, 0.05) is 5.56 Å². The van der Waals surface area contributed by atoms with E-state index in [1.54, 1.807) is 0 Å². The second kappa shape index (κ2) is 3.86. The predicted molar refractivity (Wildman–Crippen MR) is 43.8 cm³/mol. The molecule has 0 saturated heterocycles. The third kappa shape index (κ3) is 1.87. The Labute approximate surface area is 65.4 Å². The van der Waals surface area contributed by atoms with E-state index < -0.39 is 0 Å². The molecule has 0 bridgehead atoms. The van der Waals surface area contributed by atoms with Gasteiger partial charge in [0.05, 0.1) is 0 Å². The number of halogens is 1. The summed E-state index contributed by atoms with van der Waals surface area (Å²) >= 11 is 0. The lowest BCUT2D eigenvalue weighted by atomic mass is 10.1. The number of benzene rings is 1. The van der Waals surface area contributed by atoms with Crippen molar-refractivity contribution in [3.8, 4) is 0 Å². The van der Waals surface area contributed by atoms with Crippen LogP contribution in [-0.2, 0) is 0 Å². The van der Waals surface area contributed by atoms with Crippen molar-refractivity contribution in [1.29, 1.82) is 0 Å². The summed E-state index contributed by atoms with van der Waals surface area (Å²) in [6, 6.07) is 5.73. The Morgan fingerprint density at radius 1 is 1.27 bits per heavy atom. The average molecular weight is 154 g/mol. The van der Waals surface area contributed by atoms with Crippen LogP contribution < -0.4 is 0 Å². The normalized spacial score (nSPS) is 8.55. The van der Waals surface area contributed by atoms with Crippen molar-refractivity contribution in [1.82, 2.24) is 0 Å². The maximum atomic E-state index is 10.4. The molecule has 0 amide bonds. The molecule has 1 rings (SSSR count). The van der Waals surface area contributed by atoms with Gasteiger partial charge in [-0.1, -0.05) is 18.2 Å². The predicted octanol–water partition coefficient (Wildman–Crippen LogP) is 2.27. The van der Waals surface area contributed by atoms with Crippen LogP contribution >= 0.6 is 0 Å². The monoisotopic (exact) mass is 154 g/mol. The second-order valence-corrected chi connectivity index (χ2v) is 2.41. The zero-order valence-electron chi connectivity index (χ0n) is 6.63. The maximum Gasteiger partial charge on any atom is 0.150 e. The van der Waals surface area contributed by atoms with Crippen LogP contribution in [0.15, 0.2) is 18.2 Å². The highest BCUT2D eigenvalue weighted by Crippen LogP contribution is 2.09. The Morgan fingerprint density at radius 2 is 1.91 bits per heavy atom. The van der Waals surface area contributed by atoms with Gasteiger partial charge in [0.2, 0.25) is 0 Å². The first-order valence-corrected chi connectivity index (χ1v) is 3.27. The molecule has 0 heterocycles. The zero-order valence-corrected chi connectivity index (χ0v) is 6.63. The minimum Gasteiger partial charge on any atom is -0.298 e. The van der Waals surface area contributed by atoms with Crippen molar-refractivity contribution in [2.45, 2.75) is 13.8 Å². The van der Waals surface area contributed by atoms with E-state index in [-0.39, 0.29) is 4.70 Å². The fraction of sp³-hybridized carbons (Fsp3) is 0.222. The molecule has 0 saturated carbocycles. The van der Waals surface area contributed by atoms with Crippen molar-refractivity contribution in [2.75, 3.05) is 0 Å². The smallest absolute Gasteiger partial charge is 0.150 e. The van der Waals surface area contributed by atoms with Gasteiger partial charge in [-0.3, -0.25) is 9.50 Å². The van der Waals surface area contributed by atoms with E-state index in [1.807, 2.05) is 32.0 Å². The lowest BCUT2D eigenvalue weighted by Crippen LogP contribution is -1.87. The molecule has 1 aromatic carbocycles. The SMILES string of the molecule is Cc1cccc(C=O)c1C.F. The third-order valence-corrected chi connectivity index (χ3v) is 1.77. The summed E-state index contributed by atoms with van der Waals surface area (Å²) in [5.41, 5.74) is 3.04. The largest absolute Gasteiger partial charge is 0.298 e. The number of hydrogen-bond acceptors (Lipinski definition) is 1. The zero-order chi connectivity index (χ0) is 7.56. The first-order chi connectivity index (χ1) is 4.75. The van der Waals surface area contributed by atoms with Crippen molar-refractivity contribution in [3.05, 3.63) is 34.9 Å². The molecule has 0 spiro atoms. The highest BCUT2D eigenvalue weighted by molar-refractivity contribution is 5.77. The fourth-order valence-electron chi connectivity index (χ4n) is 0.901. The molecule has 2 heteroatoms. The first kappa shape index (κ1) is 9.82. The van der Waals surface area contributed by atoms with E-state index in [2.05, 4.69) is 0 Å². The summed E-state index contributed by atoms with van der Waals surface area (Å²) in [6.07, 6.45) is 0.891. The molecule has 60 valence electrons. The molecule has 11 heavy (non-hydrogen) atoms. The minimum absolute atomic E-state index is 0. The van der Waals surface area contributed by atoms with Crippen LogP contribution in [0.5, 0.6) is 0 Å². The fourth-order valence-corrected chi connectivity index (χ4v) is 0.901. The van der Waals surface area contributed by atoms with Crippen molar-refractivity contribution >= 4 is 6.29 Å². The van der Waals surface area contributed by atoms with E-state index in [9.17, 15) is 4.79 Å². The standard InChI is InChI=1S/C9H10O.FH/c1-7-4-3-5-9(6-10)8(7)2;/h3-6H,1-2H3;1H. The number of rotatable bonds is 1. The van der Waals surface area contributed by atoms with Gasteiger partial charge in [-0.15, -0.1) is 0 Å². The quantitative estimate of drug-likeness (QED) is 0.567. The molecule has 0 radical (unpaired) electrons. The summed E-state index contributed by atoms with van der Waals surface area (Å²) in [5, 5.41) is 0. The van der Waals surface area contributed by atoms with Gasteiger partial charge in [0.15, 0.2) is 0 Å². The van der Waals surface area contributed by atoms with Crippen LogP contribution in [0.3, 0.4) is 0 Å². The summed E-state index contributed by atoms with van der Waals surface area (Å²) < 4.78 is 0. The number of aldehydes is 1. The van der Waals surface area contributed by atoms with Gasteiger partial charge in [-0.25, -0.2) is 0 Å². The molecule has 0 fully saturated rings. The summed E-state index contributed by atoms with van der Waals surface area (Å²) in [4.78, 5) is 10.4. The summed E-state index contributed by atoms with van der Waals surface area (Å²) in [6.45, 7) is 3.96. The maximum absolute atomic E-state index is 10.4. The lowest BCUT2D eigenvalue weighted by molar-refractivity contribution is 0.112. The molecule has 0 N–H and O–H groups in total. The molecule has 1 aromatic rings. The van der Waals surface area contributed by atoms with E-state index in [1.165, 1.54) is 5.56 Å². The van der Waals surface area contributed by atoms with E-state index in [0.717, 1.165) is 17.4 Å². The Hall–Kier alpha value is -1.18. The van der Waals surface area contributed by atoms with Gasteiger partial charge < -0.3 is 0 Å². The molecule has 0 atom stereocenters. The van der Waals surface area contributed by atoms with E-state index in [0.29, 0.717) is 0 Å². The van der Waals surface area contributed by atoms with E-state index in [4.69, 9.17) is 0 Å². The lowest BCUT2D eigenvalue weighted by Gasteiger charge is -1.99. The van der Waals surface area contributed by atoms with Crippen LogP contribution in [0.25, 0.3) is 0 Å². The second-order valence-electron chi connectivity index (χ2n) is 2.41. The highest BCUT2D eigenvalue weighted by atomic mass is 19.0. The average Bonchev–Trinajstić information content (AvgIpc) is 1.95. The molecule has 0 unspecified atom stereocenters. The van der Waals surface area contributed by atoms with Gasteiger partial charge in [0.25, 0.3) is 0 Å². The number of aryl methyl sites for hydroxylation is 1. The summed E-state index contributed by atoms with van der Waals surface area (Å²) in [7, 11) is 0. The Morgan fingerprint density at radius 3 is 2.36 bits per heavy atom. The van der Waals surface area contributed by atoms with Gasteiger partial charge in [0.1, 0.15) is 6.29 Å². The number of carbonyl (C=O) groups is 1. The van der Waals surface area contributed by atoms with Gasteiger partial charge in [-0.2, -0.15) is 0 Å². The summed E-state index contributed by atoms with van der Waals surface area (Å²) in [5.74, 6) is 0. The van der Waals surface area contributed by atoms with Crippen molar-refractivity contribution in [2.24, 2.45) is 0 Å². The molecule has 0 aliphatic carbocycles. The van der Waals surface area contributed by atoms with E-state index >= 15 is 0 Å². The van der Waals surface area contributed by atoms with Crippen LogP contribution in [0.2, 0.25) is 0 Å². The van der Waals surface area contributed by atoms with Gasteiger partial charge >= 0.3 is 0 Å². The number of carbonyl (C=O) groups excluding carboxylic acids is 1. The Bertz CT molecular complexity index is 256. The van der Waals surface area contributed by atoms with Crippen molar-refractivity contribution in [3.63, 3.8) is 0 Å². The van der Waals surface area contributed by atoms with Crippen LogP contribution in [0.1, 0.15) is 21.5 Å². The molecular formula is C9H11FO. The molecule has 0 aliphatic rings. The molecule has 0 aliphatic heterocycles. The number of hydrogen-bond donors (Lipinski definition) is 0. The van der Waals surface area contributed by atoms with Crippen LogP contribution in [0.4, 0.5) is 4.70 Å². The van der Waals surface area contributed by atoms with Crippen LogP contribution in [0, 0.1) is 13.8 Å². The first-order valence-electron chi connectivity index (χ1n) is 3.27. The topological polar surface area (TPSA) is 17.1 Å². The third-order valence-electron chi connectivity index (χ3n) is 1.77. The van der Waals surface area contributed by atoms with Gasteiger partial charge in [-0.05, 0) is 25.0 Å². The van der Waals surface area contributed by atoms with Crippen molar-refractivity contribution < 1.29 is 9.50 Å².